The minimum absolute atomic E-state index is 0.0601. The van der Waals surface area contributed by atoms with E-state index in [-0.39, 0.29) is 18.5 Å². The molecule has 0 aliphatic heterocycles. The Labute approximate surface area is 160 Å². The highest BCUT2D eigenvalue weighted by Crippen LogP contribution is 2.17. The van der Waals surface area contributed by atoms with E-state index in [4.69, 9.17) is 4.52 Å². The molecular weight excluding hydrogens is 344 g/mol. The molecule has 0 unspecified atom stereocenters. The monoisotopic (exact) mass is 372 g/mol. The number of rotatable bonds is 7. The van der Waals surface area contributed by atoms with Gasteiger partial charge in [0.15, 0.2) is 5.82 Å². The number of hydrogen-bond acceptors (Lipinski definition) is 4. The zero-order valence-electron chi connectivity index (χ0n) is 16.6. The summed E-state index contributed by atoms with van der Waals surface area (Å²) in [5, 5.41) is 9.30. The standard InChI is InChI=1S/C20H28N4O3/c1-13(2)8-9-24(12-19(25)22-18-11-16(5)27-23-18)20(26)21-17-7-6-14(3)10-15(17)4/h6-7,10-11,13H,8-9,12H2,1-5H3,(H,21,26)(H,22,23,25). The minimum atomic E-state index is -0.317. The average Bonchev–Trinajstić information content (AvgIpc) is 2.98. The van der Waals surface area contributed by atoms with E-state index in [1.54, 1.807) is 13.0 Å². The molecule has 2 rings (SSSR count). The number of amides is 3. The molecule has 146 valence electrons. The van der Waals surface area contributed by atoms with Crippen LogP contribution in [0.15, 0.2) is 28.8 Å². The Balaban J connectivity index is 2.05. The van der Waals surface area contributed by atoms with Crippen LogP contribution >= 0.6 is 0 Å². The van der Waals surface area contributed by atoms with E-state index in [1.165, 1.54) is 4.90 Å². The van der Waals surface area contributed by atoms with E-state index in [9.17, 15) is 9.59 Å². The van der Waals surface area contributed by atoms with Crippen LogP contribution in [0.4, 0.5) is 16.3 Å². The third-order valence-corrected chi connectivity index (χ3v) is 4.12. The number of anilines is 2. The SMILES string of the molecule is Cc1ccc(NC(=O)N(CCC(C)C)CC(=O)Nc2cc(C)on2)c(C)c1. The molecule has 1 heterocycles. The molecule has 1 aromatic carbocycles. The number of nitrogens with zero attached hydrogens (tertiary/aromatic N) is 2. The molecule has 7 nitrogen and oxygen atoms in total. The summed E-state index contributed by atoms with van der Waals surface area (Å²) in [6.45, 7) is 10.3. The Morgan fingerprint density at radius 1 is 1.15 bits per heavy atom. The van der Waals surface area contributed by atoms with Crippen LogP contribution in [0.25, 0.3) is 0 Å². The predicted octanol–water partition coefficient (Wildman–Crippen LogP) is 4.12. The van der Waals surface area contributed by atoms with Gasteiger partial charge in [-0.05, 0) is 44.7 Å². The van der Waals surface area contributed by atoms with Gasteiger partial charge in [-0.15, -0.1) is 0 Å². The predicted molar refractivity (Wildman–Crippen MR) is 106 cm³/mol. The molecule has 0 atom stereocenters. The fourth-order valence-corrected chi connectivity index (χ4v) is 2.60. The first kappa shape index (κ1) is 20.5. The molecule has 0 saturated carbocycles. The maximum absolute atomic E-state index is 12.8. The number of urea groups is 1. The summed E-state index contributed by atoms with van der Waals surface area (Å²) >= 11 is 0. The number of carbonyl (C=O) groups is 2. The highest BCUT2D eigenvalue weighted by molar-refractivity contribution is 5.96. The van der Waals surface area contributed by atoms with Crippen molar-refractivity contribution >= 4 is 23.4 Å². The summed E-state index contributed by atoms with van der Waals surface area (Å²) in [5.41, 5.74) is 2.85. The van der Waals surface area contributed by atoms with Gasteiger partial charge in [0.1, 0.15) is 12.3 Å². The number of aromatic nitrogens is 1. The van der Waals surface area contributed by atoms with Crippen molar-refractivity contribution in [1.29, 1.82) is 0 Å². The van der Waals surface area contributed by atoms with Gasteiger partial charge in [0.25, 0.3) is 0 Å². The van der Waals surface area contributed by atoms with E-state index in [0.717, 1.165) is 23.2 Å². The lowest BCUT2D eigenvalue weighted by molar-refractivity contribution is -0.116. The van der Waals surface area contributed by atoms with E-state index < -0.39 is 0 Å². The van der Waals surface area contributed by atoms with Crippen molar-refractivity contribution < 1.29 is 14.1 Å². The van der Waals surface area contributed by atoms with Gasteiger partial charge in [-0.3, -0.25) is 4.79 Å². The second-order valence-electron chi connectivity index (χ2n) is 7.22. The second-order valence-corrected chi connectivity index (χ2v) is 7.22. The first-order valence-electron chi connectivity index (χ1n) is 9.11. The first-order valence-corrected chi connectivity index (χ1v) is 9.11. The number of nitrogens with one attached hydrogen (secondary N) is 2. The first-order chi connectivity index (χ1) is 12.7. The molecule has 7 heteroatoms. The van der Waals surface area contributed by atoms with Gasteiger partial charge in [-0.1, -0.05) is 36.7 Å². The maximum atomic E-state index is 12.8. The zero-order chi connectivity index (χ0) is 20.0. The van der Waals surface area contributed by atoms with Crippen LogP contribution in [0.2, 0.25) is 0 Å². The van der Waals surface area contributed by atoms with Crippen LogP contribution in [0, 0.1) is 26.7 Å². The fraction of sp³-hybridized carbons (Fsp3) is 0.450. The van der Waals surface area contributed by atoms with Gasteiger partial charge >= 0.3 is 6.03 Å². The smallest absolute Gasteiger partial charge is 0.322 e. The largest absolute Gasteiger partial charge is 0.360 e. The van der Waals surface area contributed by atoms with Crippen molar-refractivity contribution in [3.63, 3.8) is 0 Å². The van der Waals surface area contributed by atoms with Gasteiger partial charge in [-0.2, -0.15) is 0 Å². The molecule has 0 aliphatic rings. The highest BCUT2D eigenvalue weighted by Gasteiger charge is 2.19. The van der Waals surface area contributed by atoms with Crippen LogP contribution in [0.3, 0.4) is 0 Å². The zero-order valence-corrected chi connectivity index (χ0v) is 16.6. The topological polar surface area (TPSA) is 87.5 Å². The lowest BCUT2D eigenvalue weighted by Crippen LogP contribution is -2.41. The van der Waals surface area contributed by atoms with Crippen molar-refractivity contribution in [3.8, 4) is 0 Å². The second kappa shape index (κ2) is 9.21. The Morgan fingerprint density at radius 3 is 2.48 bits per heavy atom. The molecule has 0 saturated heterocycles. The molecule has 1 aromatic heterocycles. The lowest BCUT2D eigenvalue weighted by Gasteiger charge is -2.24. The Morgan fingerprint density at radius 2 is 1.89 bits per heavy atom. The molecule has 0 aliphatic carbocycles. The summed E-state index contributed by atoms with van der Waals surface area (Å²) < 4.78 is 4.94. The fourth-order valence-electron chi connectivity index (χ4n) is 2.60. The van der Waals surface area contributed by atoms with Crippen LogP contribution in [-0.2, 0) is 4.79 Å². The number of hydrogen-bond donors (Lipinski definition) is 2. The van der Waals surface area contributed by atoms with Crippen LogP contribution in [0.1, 0.15) is 37.2 Å². The molecule has 2 N–H and O–H groups in total. The van der Waals surface area contributed by atoms with Crippen LogP contribution in [0.5, 0.6) is 0 Å². The van der Waals surface area contributed by atoms with E-state index >= 15 is 0 Å². The highest BCUT2D eigenvalue weighted by atomic mass is 16.5. The van der Waals surface area contributed by atoms with Crippen molar-refractivity contribution in [2.24, 2.45) is 5.92 Å². The summed E-state index contributed by atoms with van der Waals surface area (Å²) in [4.78, 5) is 26.6. The Hall–Kier alpha value is -2.83. The molecule has 27 heavy (non-hydrogen) atoms. The van der Waals surface area contributed by atoms with Crippen molar-refractivity contribution in [3.05, 3.63) is 41.2 Å². The van der Waals surface area contributed by atoms with Crippen molar-refractivity contribution in [2.45, 2.75) is 41.0 Å². The van der Waals surface area contributed by atoms with Gasteiger partial charge in [-0.25, -0.2) is 4.79 Å². The van der Waals surface area contributed by atoms with Gasteiger partial charge in [0.05, 0.1) is 0 Å². The summed E-state index contributed by atoms with van der Waals surface area (Å²) in [7, 11) is 0. The van der Waals surface area contributed by atoms with Crippen LogP contribution in [-0.4, -0.2) is 35.1 Å². The minimum Gasteiger partial charge on any atom is -0.360 e. The van der Waals surface area contributed by atoms with Gasteiger partial charge in [0.2, 0.25) is 5.91 Å². The number of benzene rings is 1. The quantitative estimate of drug-likeness (QED) is 0.765. The number of aryl methyl sites for hydroxylation is 3. The van der Waals surface area contributed by atoms with Crippen LogP contribution < -0.4 is 10.6 Å². The molecule has 0 spiro atoms. The molecular formula is C20H28N4O3. The van der Waals surface area contributed by atoms with Crippen molar-refractivity contribution in [2.75, 3.05) is 23.7 Å². The molecule has 0 fully saturated rings. The third-order valence-electron chi connectivity index (χ3n) is 4.12. The summed E-state index contributed by atoms with van der Waals surface area (Å²) in [6.07, 6.45) is 0.802. The van der Waals surface area contributed by atoms with Gasteiger partial charge in [0, 0.05) is 18.3 Å². The maximum Gasteiger partial charge on any atom is 0.322 e. The molecule has 0 bridgehead atoms. The van der Waals surface area contributed by atoms with E-state index in [0.29, 0.717) is 24.0 Å². The normalized spacial score (nSPS) is 10.7. The average molecular weight is 372 g/mol. The molecule has 2 aromatic rings. The van der Waals surface area contributed by atoms with E-state index in [2.05, 4.69) is 29.6 Å². The van der Waals surface area contributed by atoms with Crippen molar-refractivity contribution in [1.82, 2.24) is 10.1 Å². The Bertz CT molecular complexity index is 798. The number of carbonyl (C=O) groups excluding carboxylic acids is 2. The Kier molecular flexibility index (Phi) is 6.98. The summed E-state index contributed by atoms with van der Waals surface area (Å²) in [5.74, 6) is 1.05. The third kappa shape index (κ3) is 6.44. The van der Waals surface area contributed by atoms with Gasteiger partial charge < -0.3 is 20.1 Å². The molecule has 0 radical (unpaired) electrons. The summed E-state index contributed by atoms with van der Waals surface area (Å²) in [6, 6.07) is 7.16. The lowest BCUT2D eigenvalue weighted by atomic mass is 10.1. The van der Waals surface area contributed by atoms with E-state index in [1.807, 2.05) is 32.0 Å². The molecule has 3 amide bonds.